The van der Waals surface area contributed by atoms with Gasteiger partial charge in [-0.15, -0.1) is 5.10 Å². The van der Waals surface area contributed by atoms with E-state index in [1.807, 2.05) is 67.1 Å². The molecule has 1 saturated heterocycles. The Morgan fingerprint density at radius 2 is 1.79 bits per heavy atom. The molecule has 2 unspecified atom stereocenters. The van der Waals surface area contributed by atoms with Gasteiger partial charge < -0.3 is 19.4 Å². The molecule has 216 valence electrons. The molecule has 11 heteroatoms. The van der Waals surface area contributed by atoms with E-state index in [2.05, 4.69) is 15.6 Å². The molecule has 1 aliphatic rings. The van der Waals surface area contributed by atoms with E-state index in [1.54, 1.807) is 28.9 Å². The van der Waals surface area contributed by atoms with Gasteiger partial charge in [-0.3, -0.25) is 14.5 Å². The van der Waals surface area contributed by atoms with Crippen LogP contribution in [0.4, 0.5) is 5.69 Å². The lowest BCUT2D eigenvalue weighted by Crippen LogP contribution is -2.47. The lowest BCUT2D eigenvalue weighted by atomic mass is 10.1. The predicted octanol–water partition coefficient (Wildman–Crippen LogP) is 3.79. The van der Waals surface area contributed by atoms with Gasteiger partial charge in [-0.2, -0.15) is 0 Å². The summed E-state index contributed by atoms with van der Waals surface area (Å²) in [5.41, 5.74) is 3.51. The van der Waals surface area contributed by atoms with Crippen molar-refractivity contribution in [3.8, 4) is 5.75 Å². The monoisotopic (exact) mass is 567 g/mol. The molecule has 2 amide bonds. The summed E-state index contributed by atoms with van der Waals surface area (Å²) in [6.45, 7) is 3.31. The van der Waals surface area contributed by atoms with Gasteiger partial charge >= 0.3 is 0 Å². The van der Waals surface area contributed by atoms with Crippen LogP contribution >= 0.6 is 0 Å². The second kappa shape index (κ2) is 12.0. The topological polar surface area (TPSA) is 116 Å². The van der Waals surface area contributed by atoms with E-state index in [1.165, 1.54) is 4.90 Å². The Labute approximate surface area is 243 Å². The number of fused-ring (bicyclic) bond motifs is 2. The highest BCUT2D eigenvalue weighted by molar-refractivity contribution is 6.01. The summed E-state index contributed by atoms with van der Waals surface area (Å²) >= 11 is 0. The van der Waals surface area contributed by atoms with Crippen molar-refractivity contribution in [2.24, 2.45) is 7.05 Å². The van der Waals surface area contributed by atoms with Crippen molar-refractivity contribution in [1.29, 1.82) is 0 Å². The summed E-state index contributed by atoms with van der Waals surface area (Å²) in [4.78, 5) is 34.8. The van der Waals surface area contributed by atoms with Crippen LogP contribution in [0, 0.1) is 0 Å². The van der Waals surface area contributed by atoms with Crippen molar-refractivity contribution in [2.45, 2.75) is 38.5 Å². The van der Waals surface area contributed by atoms with Gasteiger partial charge in [0.25, 0.3) is 5.91 Å². The zero-order chi connectivity index (χ0) is 29.1. The second-order valence-corrected chi connectivity index (χ2v) is 10.2. The third kappa shape index (κ3) is 5.42. The molecule has 1 N–H and O–H groups in total. The van der Waals surface area contributed by atoms with E-state index < -0.39 is 6.04 Å². The van der Waals surface area contributed by atoms with Crippen LogP contribution in [0.1, 0.15) is 31.6 Å². The lowest BCUT2D eigenvalue weighted by Gasteiger charge is -2.31. The minimum Gasteiger partial charge on any atom is -0.494 e. The minimum atomic E-state index is -1.08. The van der Waals surface area contributed by atoms with Crippen LogP contribution in [0.25, 0.3) is 22.1 Å². The number of hydrogen-bond acceptors (Lipinski definition) is 7. The maximum Gasteiger partial charge on any atom is 0.251 e. The second-order valence-electron chi connectivity index (χ2n) is 10.2. The fourth-order valence-corrected chi connectivity index (χ4v) is 5.42. The number of hydrogen-bond donors (Lipinski definition) is 1. The zero-order valence-electron chi connectivity index (χ0n) is 23.6. The summed E-state index contributed by atoms with van der Waals surface area (Å²) in [7, 11) is 1.86. The Kier molecular flexibility index (Phi) is 7.83. The van der Waals surface area contributed by atoms with Crippen molar-refractivity contribution in [3.63, 3.8) is 0 Å². The normalized spacial score (nSPS) is 15.6. The number of aryl methyl sites for hydroxylation is 1. The average Bonchev–Trinajstić information content (AvgIpc) is 3.75. The average molecular weight is 568 g/mol. The van der Waals surface area contributed by atoms with Gasteiger partial charge in [0.05, 0.1) is 29.3 Å². The molecule has 0 bridgehead atoms. The third-order valence-electron chi connectivity index (χ3n) is 7.50. The van der Waals surface area contributed by atoms with Gasteiger partial charge in [0.15, 0.2) is 6.04 Å². The Morgan fingerprint density at radius 3 is 2.50 bits per heavy atom. The number of rotatable bonds is 10. The van der Waals surface area contributed by atoms with Crippen LogP contribution in [-0.2, 0) is 27.9 Å². The maximum atomic E-state index is 14.3. The van der Waals surface area contributed by atoms with Crippen molar-refractivity contribution in [2.75, 3.05) is 24.7 Å². The number of nitrogens with one attached hydrogen (secondary N) is 1. The summed E-state index contributed by atoms with van der Waals surface area (Å²) < 4.78 is 14.8. The third-order valence-corrected chi connectivity index (χ3v) is 7.50. The Morgan fingerprint density at radius 1 is 1.05 bits per heavy atom. The first-order chi connectivity index (χ1) is 20.5. The molecule has 3 heterocycles. The van der Waals surface area contributed by atoms with Crippen LogP contribution < -0.4 is 15.0 Å². The Hall–Kier alpha value is -4.77. The number of ether oxygens (including phenoxy) is 2. The molecule has 0 radical (unpaired) electrons. The van der Waals surface area contributed by atoms with Crippen LogP contribution in [0.2, 0.25) is 0 Å². The Balaban J connectivity index is 1.44. The number of benzene rings is 3. The lowest BCUT2D eigenvalue weighted by molar-refractivity contribution is -0.127. The van der Waals surface area contributed by atoms with E-state index in [4.69, 9.17) is 14.5 Å². The molecular weight excluding hydrogens is 534 g/mol. The molecule has 1 fully saturated rings. The highest BCUT2D eigenvalue weighted by Gasteiger charge is 2.37. The molecule has 0 saturated carbocycles. The van der Waals surface area contributed by atoms with Crippen LogP contribution in [-0.4, -0.2) is 62.2 Å². The van der Waals surface area contributed by atoms with Crippen molar-refractivity contribution < 1.29 is 19.1 Å². The molecular formula is C31H33N7O4. The number of para-hydroxylation sites is 3. The van der Waals surface area contributed by atoms with Gasteiger partial charge in [-0.25, -0.2) is 9.67 Å². The van der Waals surface area contributed by atoms with E-state index in [9.17, 15) is 9.59 Å². The minimum absolute atomic E-state index is 0.0637. The summed E-state index contributed by atoms with van der Waals surface area (Å²) in [6, 6.07) is 21.2. The first kappa shape index (κ1) is 27.4. The maximum absolute atomic E-state index is 14.3. The smallest absolute Gasteiger partial charge is 0.251 e. The highest BCUT2D eigenvalue weighted by Crippen LogP contribution is 2.31. The van der Waals surface area contributed by atoms with E-state index in [0.29, 0.717) is 42.5 Å². The number of carbonyl (C=O) groups excluding carboxylic acids is 2. The number of anilines is 1. The number of nitrogens with zero attached hydrogens (tertiary/aromatic N) is 6. The van der Waals surface area contributed by atoms with Gasteiger partial charge in [-0.1, -0.05) is 29.5 Å². The van der Waals surface area contributed by atoms with Gasteiger partial charge in [0.2, 0.25) is 5.91 Å². The molecule has 11 nitrogen and oxygen atoms in total. The first-order valence-corrected chi connectivity index (χ1v) is 14.2. The number of imidazole rings is 1. The SMILES string of the molecule is CCOc1ccc(N(C(=O)Cn2nnc3ccccc32)C(C(=O)NCC2CCCO2)c2nc3ccccc3n2C)cc1. The molecule has 6 rings (SSSR count). The molecule has 2 atom stereocenters. The van der Waals surface area contributed by atoms with Gasteiger partial charge in [0.1, 0.15) is 23.6 Å². The summed E-state index contributed by atoms with van der Waals surface area (Å²) in [6.07, 6.45) is 1.77. The molecule has 1 aliphatic heterocycles. The summed E-state index contributed by atoms with van der Waals surface area (Å²) in [5.74, 6) is 0.401. The van der Waals surface area contributed by atoms with Gasteiger partial charge in [-0.05, 0) is 68.3 Å². The molecule has 2 aromatic heterocycles. The van der Waals surface area contributed by atoms with E-state index >= 15 is 0 Å². The molecule has 3 aromatic carbocycles. The predicted molar refractivity (Wildman–Crippen MR) is 158 cm³/mol. The number of amides is 2. The highest BCUT2D eigenvalue weighted by atomic mass is 16.5. The molecule has 42 heavy (non-hydrogen) atoms. The van der Waals surface area contributed by atoms with Crippen LogP contribution in [0.3, 0.4) is 0 Å². The fraction of sp³-hybridized carbons (Fsp3) is 0.323. The first-order valence-electron chi connectivity index (χ1n) is 14.2. The van der Waals surface area contributed by atoms with Crippen molar-refractivity contribution in [1.82, 2.24) is 29.9 Å². The van der Waals surface area contributed by atoms with E-state index in [0.717, 1.165) is 29.4 Å². The van der Waals surface area contributed by atoms with Crippen LogP contribution in [0.15, 0.2) is 72.8 Å². The van der Waals surface area contributed by atoms with E-state index in [-0.39, 0.29) is 24.5 Å². The number of aromatic nitrogens is 5. The number of carbonyl (C=O) groups is 2. The Bertz CT molecular complexity index is 1710. The largest absolute Gasteiger partial charge is 0.494 e. The van der Waals surface area contributed by atoms with Crippen molar-refractivity contribution in [3.05, 3.63) is 78.6 Å². The quantitative estimate of drug-likeness (QED) is 0.273. The van der Waals surface area contributed by atoms with Crippen molar-refractivity contribution >= 4 is 39.6 Å². The standard InChI is InChI=1S/C31H33N7O4/c1-3-41-22-16-14-21(15-17-22)38(28(39)20-37-27-13-7-5-11-25(27)34-35-37)29(31(40)32-19-23-9-8-18-42-23)30-33-24-10-4-6-12-26(24)36(30)2/h4-7,10-17,23,29H,3,8-9,18-20H2,1-2H3,(H,32,40). The fourth-order valence-electron chi connectivity index (χ4n) is 5.42. The zero-order valence-corrected chi connectivity index (χ0v) is 23.6. The molecule has 0 spiro atoms. The van der Waals surface area contributed by atoms with Gasteiger partial charge in [0, 0.05) is 25.9 Å². The van der Waals surface area contributed by atoms with Crippen LogP contribution in [0.5, 0.6) is 5.75 Å². The molecule has 5 aromatic rings. The summed E-state index contributed by atoms with van der Waals surface area (Å²) in [5, 5.41) is 11.5. The molecule has 0 aliphatic carbocycles.